The Balaban J connectivity index is 1.79. The van der Waals surface area contributed by atoms with Crippen molar-refractivity contribution >= 4 is 37.3 Å². The summed E-state index contributed by atoms with van der Waals surface area (Å²) >= 11 is 1.04. The van der Waals surface area contributed by atoms with Crippen LogP contribution in [0.1, 0.15) is 5.56 Å². The summed E-state index contributed by atoms with van der Waals surface area (Å²) in [4.78, 5) is 4.28. The molecule has 0 spiro atoms. The number of nitrogens with zero attached hydrogens (tertiary/aromatic N) is 3. The third-order valence-corrected chi connectivity index (χ3v) is 6.48. The monoisotopic (exact) mass is 466 g/mol. The summed E-state index contributed by atoms with van der Waals surface area (Å²) in [7, 11) is -2.63. The highest BCUT2D eigenvalue weighted by Gasteiger charge is 2.31. The van der Waals surface area contributed by atoms with Gasteiger partial charge in [-0.2, -0.15) is 13.2 Å². The van der Waals surface area contributed by atoms with Gasteiger partial charge >= 0.3 is 6.18 Å². The summed E-state index contributed by atoms with van der Waals surface area (Å²) in [6, 6.07) is 9.12. The number of aromatic nitrogens is 3. The van der Waals surface area contributed by atoms with Gasteiger partial charge in [-0.15, -0.1) is 10.2 Å². The van der Waals surface area contributed by atoms with Gasteiger partial charge in [0.1, 0.15) is 11.3 Å². The van der Waals surface area contributed by atoms with Crippen molar-refractivity contribution in [2.75, 3.05) is 11.8 Å². The van der Waals surface area contributed by atoms with E-state index in [1.165, 1.54) is 37.0 Å². The lowest BCUT2D eigenvalue weighted by Gasteiger charge is -2.14. The number of methoxy groups -OCH3 is 1. The van der Waals surface area contributed by atoms with E-state index in [4.69, 9.17) is 4.74 Å². The summed E-state index contributed by atoms with van der Waals surface area (Å²) in [6.07, 6.45) is -3.06. The zero-order chi connectivity index (χ0) is 22.2. The first-order valence-corrected chi connectivity index (χ1v) is 11.0. The average molecular weight is 466 g/mol. The fraction of sp³-hybridized carbons (Fsp3) is 0.105. The molecule has 0 aliphatic carbocycles. The van der Waals surface area contributed by atoms with Crippen LogP contribution in [0.25, 0.3) is 22.0 Å². The maximum Gasteiger partial charge on any atom is 0.416 e. The van der Waals surface area contributed by atoms with Crippen molar-refractivity contribution in [2.24, 2.45) is 0 Å². The number of nitrogens with one attached hydrogen (secondary N) is 1. The van der Waals surface area contributed by atoms with Gasteiger partial charge in [-0.3, -0.25) is 9.71 Å². The minimum Gasteiger partial charge on any atom is -0.496 e. The SMILES string of the molecule is COc1cc(C(F)(F)F)ccc1-c1nccc2cc(S(=O)(=O)Nc3nncs3)ccc12. The number of hydrogen-bond donors (Lipinski definition) is 1. The summed E-state index contributed by atoms with van der Waals surface area (Å²) in [6.45, 7) is 0. The minimum atomic E-state index is -4.51. The van der Waals surface area contributed by atoms with Gasteiger partial charge in [-0.05, 0) is 41.8 Å². The van der Waals surface area contributed by atoms with Gasteiger partial charge in [0.05, 0.1) is 23.3 Å². The van der Waals surface area contributed by atoms with E-state index in [0.717, 1.165) is 23.5 Å². The Labute approximate surface area is 178 Å². The van der Waals surface area contributed by atoms with Gasteiger partial charge in [0.25, 0.3) is 10.0 Å². The van der Waals surface area contributed by atoms with Crippen molar-refractivity contribution in [1.29, 1.82) is 0 Å². The average Bonchev–Trinajstić information content (AvgIpc) is 3.24. The van der Waals surface area contributed by atoms with Crippen molar-refractivity contribution in [3.63, 3.8) is 0 Å². The van der Waals surface area contributed by atoms with Crippen molar-refractivity contribution in [3.05, 3.63) is 59.7 Å². The second kappa shape index (κ2) is 7.78. The van der Waals surface area contributed by atoms with Crippen LogP contribution < -0.4 is 9.46 Å². The van der Waals surface area contributed by atoms with Crippen LogP contribution >= 0.6 is 11.3 Å². The number of sulfonamides is 1. The standard InChI is InChI=1S/C19H13F3N4O3S2/c1-29-16-9-12(19(20,21)22)2-4-15(16)17-14-5-3-13(8-11(14)6-7-23-17)31(27,28)26-18-25-24-10-30-18/h2-10H,1H3,(H,25,26). The fourth-order valence-electron chi connectivity index (χ4n) is 2.99. The summed E-state index contributed by atoms with van der Waals surface area (Å²) in [5.41, 5.74) is 1.27. The van der Waals surface area contributed by atoms with Gasteiger partial charge in [0.2, 0.25) is 5.13 Å². The Morgan fingerprint density at radius 3 is 2.58 bits per heavy atom. The number of ether oxygens (including phenoxy) is 1. The van der Waals surface area contributed by atoms with E-state index in [2.05, 4.69) is 19.9 Å². The molecule has 0 atom stereocenters. The number of rotatable bonds is 5. The Bertz CT molecular complexity index is 1360. The molecule has 0 saturated heterocycles. The molecule has 12 heteroatoms. The largest absolute Gasteiger partial charge is 0.496 e. The van der Waals surface area contributed by atoms with Crippen molar-refractivity contribution in [2.45, 2.75) is 11.1 Å². The zero-order valence-corrected chi connectivity index (χ0v) is 17.3. The number of anilines is 1. The highest BCUT2D eigenvalue weighted by atomic mass is 32.2. The predicted molar refractivity (Wildman–Crippen MR) is 109 cm³/mol. The molecule has 160 valence electrons. The lowest BCUT2D eigenvalue weighted by Crippen LogP contribution is -2.12. The van der Waals surface area contributed by atoms with Gasteiger partial charge in [-0.25, -0.2) is 8.42 Å². The molecule has 2 aromatic heterocycles. The number of alkyl halides is 3. The van der Waals surface area contributed by atoms with Crippen LogP contribution in [-0.2, 0) is 16.2 Å². The lowest BCUT2D eigenvalue weighted by molar-refractivity contribution is -0.137. The first-order chi connectivity index (χ1) is 14.7. The van der Waals surface area contributed by atoms with Crippen LogP contribution in [0.15, 0.2) is 59.1 Å². The molecule has 4 rings (SSSR count). The molecule has 4 aromatic rings. The number of benzene rings is 2. The van der Waals surface area contributed by atoms with Gasteiger partial charge < -0.3 is 4.74 Å². The maximum atomic E-state index is 13.0. The second-order valence-electron chi connectivity index (χ2n) is 6.30. The molecule has 0 saturated carbocycles. The topological polar surface area (TPSA) is 94.1 Å². The quantitative estimate of drug-likeness (QED) is 0.463. The molecule has 2 aromatic carbocycles. The van der Waals surface area contributed by atoms with Gasteiger partial charge in [0.15, 0.2) is 0 Å². The first kappa shape index (κ1) is 21.0. The Hall–Kier alpha value is -3.25. The molecular formula is C19H13F3N4O3S2. The van der Waals surface area contributed by atoms with Crippen LogP contribution in [0, 0.1) is 0 Å². The maximum absolute atomic E-state index is 13.0. The van der Waals surface area contributed by atoms with E-state index in [1.54, 1.807) is 12.1 Å². The normalized spacial score (nSPS) is 12.1. The smallest absolute Gasteiger partial charge is 0.416 e. The zero-order valence-electron chi connectivity index (χ0n) is 15.7. The van der Waals surface area contributed by atoms with E-state index in [1.807, 2.05) is 0 Å². The van der Waals surface area contributed by atoms with Gasteiger partial charge in [-0.1, -0.05) is 17.4 Å². The molecule has 7 nitrogen and oxygen atoms in total. The molecule has 31 heavy (non-hydrogen) atoms. The van der Waals surface area contributed by atoms with E-state index >= 15 is 0 Å². The van der Waals surface area contributed by atoms with Crippen LogP contribution in [0.3, 0.4) is 0 Å². The van der Waals surface area contributed by atoms with Crippen LogP contribution in [0.5, 0.6) is 5.75 Å². The molecule has 0 amide bonds. The van der Waals surface area contributed by atoms with E-state index in [0.29, 0.717) is 22.0 Å². The molecular weight excluding hydrogens is 453 g/mol. The van der Waals surface area contributed by atoms with E-state index in [-0.39, 0.29) is 15.8 Å². The summed E-state index contributed by atoms with van der Waals surface area (Å²) in [5, 5.41) is 8.46. The number of pyridine rings is 1. The summed E-state index contributed by atoms with van der Waals surface area (Å²) < 4.78 is 71.9. The Morgan fingerprint density at radius 2 is 1.90 bits per heavy atom. The molecule has 0 radical (unpaired) electrons. The highest BCUT2D eigenvalue weighted by molar-refractivity contribution is 7.93. The predicted octanol–water partition coefficient (Wildman–Crippen LogP) is 4.58. The lowest BCUT2D eigenvalue weighted by atomic mass is 10.0. The third-order valence-electron chi connectivity index (χ3n) is 4.41. The summed E-state index contributed by atoms with van der Waals surface area (Å²) in [5.74, 6) is 0.00413. The molecule has 0 unspecified atom stereocenters. The van der Waals surface area contributed by atoms with Crippen LogP contribution in [0.2, 0.25) is 0 Å². The molecule has 0 aliphatic rings. The van der Waals surface area contributed by atoms with Crippen molar-refractivity contribution in [3.8, 4) is 17.0 Å². The van der Waals surface area contributed by atoms with Gasteiger partial charge in [0, 0.05) is 17.1 Å². The molecule has 1 N–H and O–H groups in total. The van der Waals surface area contributed by atoms with Crippen molar-refractivity contribution < 1.29 is 26.3 Å². The van der Waals surface area contributed by atoms with Crippen LogP contribution in [0.4, 0.5) is 18.3 Å². The Morgan fingerprint density at radius 1 is 1.10 bits per heavy atom. The van der Waals surface area contributed by atoms with Crippen LogP contribution in [-0.4, -0.2) is 30.7 Å². The number of halogens is 3. The number of hydrogen-bond acceptors (Lipinski definition) is 7. The van der Waals surface area contributed by atoms with Crippen molar-refractivity contribution in [1.82, 2.24) is 15.2 Å². The van der Waals surface area contributed by atoms with E-state index < -0.39 is 21.8 Å². The minimum absolute atomic E-state index is 0.00413. The third kappa shape index (κ3) is 4.16. The first-order valence-electron chi connectivity index (χ1n) is 8.62. The second-order valence-corrected chi connectivity index (χ2v) is 8.82. The highest BCUT2D eigenvalue weighted by Crippen LogP contribution is 2.38. The molecule has 2 heterocycles. The Kier molecular flexibility index (Phi) is 5.27. The number of fused-ring (bicyclic) bond motifs is 1. The molecule has 0 aliphatic heterocycles. The molecule has 0 fully saturated rings. The fourth-order valence-corrected chi connectivity index (χ4v) is 4.72. The van der Waals surface area contributed by atoms with E-state index in [9.17, 15) is 21.6 Å². The molecule has 0 bridgehead atoms.